The zero-order valence-corrected chi connectivity index (χ0v) is 12.8. The van der Waals surface area contributed by atoms with Gasteiger partial charge in [0.15, 0.2) is 0 Å². The summed E-state index contributed by atoms with van der Waals surface area (Å²) in [7, 11) is 0. The summed E-state index contributed by atoms with van der Waals surface area (Å²) in [5.41, 5.74) is 2.45. The zero-order valence-electron chi connectivity index (χ0n) is 12.0. The van der Waals surface area contributed by atoms with Crippen LogP contribution in [0, 0.1) is 0 Å². The molecule has 0 aromatic heterocycles. The number of fused-ring (bicyclic) bond motifs is 1. The van der Waals surface area contributed by atoms with Gasteiger partial charge < -0.3 is 10.6 Å². The lowest BCUT2D eigenvalue weighted by Gasteiger charge is -2.17. The second-order valence-electron chi connectivity index (χ2n) is 5.64. The zero-order chi connectivity index (χ0) is 14.7. The van der Waals surface area contributed by atoms with Crippen molar-refractivity contribution in [3.8, 4) is 0 Å². The van der Waals surface area contributed by atoms with E-state index >= 15 is 0 Å². The van der Waals surface area contributed by atoms with Gasteiger partial charge in [0, 0.05) is 23.0 Å². The lowest BCUT2D eigenvalue weighted by molar-refractivity contribution is -0.113. The fourth-order valence-electron chi connectivity index (χ4n) is 2.94. The first-order valence-corrected chi connectivity index (χ1v) is 8.60. The normalized spacial score (nSPS) is 18.2. The Bertz CT molecular complexity index is 553. The summed E-state index contributed by atoms with van der Waals surface area (Å²) in [6.45, 7) is 0.690. The first kappa shape index (κ1) is 14.4. The molecule has 1 aliphatic heterocycles. The van der Waals surface area contributed by atoms with Gasteiger partial charge in [-0.25, -0.2) is 0 Å². The number of hydrogen-bond donors (Lipinski definition) is 2. The molecule has 112 valence electrons. The van der Waals surface area contributed by atoms with Gasteiger partial charge in [-0.2, -0.15) is 0 Å². The van der Waals surface area contributed by atoms with Crippen LogP contribution in [0.1, 0.15) is 41.6 Å². The second kappa shape index (κ2) is 6.52. The highest BCUT2D eigenvalue weighted by atomic mass is 32.2. The fourth-order valence-corrected chi connectivity index (χ4v) is 4.06. The molecule has 2 N–H and O–H groups in total. The number of thioether (sulfide) groups is 1. The molecule has 1 heterocycles. The first-order chi connectivity index (χ1) is 10.2. The molecule has 5 heteroatoms. The smallest absolute Gasteiger partial charge is 0.251 e. The minimum absolute atomic E-state index is 0.0167. The minimum atomic E-state index is -0.0484. The lowest BCUT2D eigenvalue weighted by atomic mass is 10.00. The van der Waals surface area contributed by atoms with Gasteiger partial charge in [-0.05, 0) is 37.0 Å². The van der Waals surface area contributed by atoms with Gasteiger partial charge in [-0.1, -0.05) is 18.9 Å². The van der Waals surface area contributed by atoms with Crippen LogP contribution in [0.5, 0.6) is 0 Å². The standard InChI is InChI=1S/C16H20N2O2S/c19-15(10-21-13-3-1-2-4-13)18-12-6-5-11-7-8-17-16(20)14(11)9-12/h5-6,9,13H,1-4,7-8,10H2,(H,17,20)(H,18,19). The van der Waals surface area contributed by atoms with E-state index in [1.54, 1.807) is 17.8 Å². The predicted octanol–water partition coefficient (Wildman–Crippen LogP) is 2.59. The summed E-state index contributed by atoms with van der Waals surface area (Å²) in [5.74, 6) is 0.462. The topological polar surface area (TPSA) is 58.2 Å². The van der Waals surface area contributed by atoms with Crippen molar-refractivity contribution in [1.82, 2.24) is 5.32 Å². The molecule has 2 amide bonds. The Labute approximate surface area is 129 Å². The van der Waals surface area contributed by atoms with E-state index in [9.17, 15) is 9.59 Å². The maximum atomic E-state index is 12.0. The number of carbonyl (C=O) groups excluding carboxylic acids is 2. The molecule has 1 aromatic carbocycles. The molecule has 4 nitrogen and oxygen atoms in total. The summed E-state index contributed by atoms with van der Waals surface area (Å²) in [6.07, 6.45) is 5.90. The highest BCUT2D eigenvalue weighted by molar-refractivity contribution is 8.00. The van der Waals surface area contributed by atoms with E-state index in [0.717, 1.165) is 12.0 Å². The second-order valence-corrected chi connectivity index (χ2v) is 6.93. The Morgan fingerprint density at radius 3 is 2.95 bits per heavy atom. The van der Waals surface area contributed by atoms with Gasteiger partial charge in [0.2, 0.25) is 5.91 Å². The maximum absolute atomic E-state index is 12.0. The van der Waals surface area contributed by atoms with Crippen LogP contribution in [-0.2, 0) is 11.2 Å². The van der Waals surface area contributed by atoms with Crippen LogP contribution in [0.4, 0.5) is 5.69 Å². The molecule has 1 saturated carbocycles. The van der Waals surface area contributed by atoms with Crippen molar-refractivity contribution < 1.29 is 9.59 Å². The largest absolute Gasteiger partial charge is 0.352 e. The Hall–Kier alpha value is -1.49. The van der Waals surface area contributed by atoms with Crippen LogP contribution in [0.3, 0.4) is 0 Å². The molecule has 1 fully saturated rings. The summed E-state index contributed by atoms with van der Waals surface area (Å²) in [5, 5.41) is 6.37. The average molecular weight is 304 g/mol. The molecule has 1 aromatic rings. The number of nitrogens with one attached hydrogen (secondary N) is 2. The van der Waals surface area contributed by atoms with Gasteiger partial charge >= 0.3 is 0 Å². The predicted molar refractivity (Wildman–Crippen MR) is 85.8 cm³/mol. The Kier molecular flexibility index (Phi) is 4.48. The van der Waals surface area contributed by atoms with Gasteiger partial charge in [-0.15, -0.1) is 11.8 Å². The summed E-state index contributed by atoms with van der Waals surface area (Å²) in [4.78, 5) is 23.8. The van der Waals surface area contributed by atoms with E-state index in [1.165, 1.54) is 25.7 Å². The van der Waals surface area contributed by atoms with Crippen molar-refractivity contribution in [2.24, 2.45) is 0 Å². The fraction of sp³-hybridized carbons (Fsp3) is 0.500. The number of rotatable bonds is 4. The van der Waals surface area contributed by atoms with Gasteiger partial charge in [-0.3, -0.25) is 9.59 Å². The summed E-state index contributed by atoms with van der Waals surface area (Å²) < 4.78 is 0. The van der Waals surface area contributed by atoms with Crippen molar-refractivity contribution in [3.63, 3.8) is 0 Å². The van der Waals surface area contributed by atoms with E-state index in [0.29, 0.717) is 28.8 Å². The minimum Gasteiger partial charge on any atom is -0.352 e. The number of hydrogen-bond acceptors (Lipinski definition) is 3. The molecule has 0 spiro atoms. The molecule has 0 radical (unpaired) electrons. The van der Waals surface area contributed by atoms with E-state index < -0.39 is 0 Å². The monoisotopic (exact) mass is 304 g/mol. The molecule has 1 aliphatic carbocycles. The third-order valence-corrected chi connectivity index (χ3v) is 5.44. The van der Waals surface area contributed by atoms with Gasteiger partial charge in [0.05, 0.1) is 5.75 Å². The molecule has 21 heavy (non-hydrogen) atoms. The van der Waals surface area contributed by atoms with E-state index in [-0.39, 0.29) is 11.8 Å². The van der Waals surface area contributed by atoms with Crippen LogP contribution < -0.4 is 10.6 Å². The number of anilines is 1. The van der Waals surface area contributed by atoms with Crippen molar-refractivity contribution in [3.05, 3.63) is 29.3 Å². The third kappa shape index (κ3) is 3.59. The molecular formula is C16H20N2O2S. The van der Waals surface area contributed by atoms with Crippen molar-refractivity contribution in [2.75, 3.05) is 17.6 Å². The van der Waals surface area contributed by atoms with Crippen LogP contribution in [0.2, 0.25) is 0 Å². The van der Waals surface area contributed by atoms with E-state index in [1.807, 2.05) is 12.1 Å². The average Bonchev–Trinajstić information content (AvgIpc) is 2.99. The molecule has 0 saturated heterocycles. The number of benzene rings is 1. The van der Waals surface area contributed by atoms with E-state index in [2.05, 4.69) is 10.6 Å². The van der Waals surface area contributed by atoms with Crippen molar-refractivity contribution in [2.45, 2.75) is 37.4 Å². The van der Waals surface area contributed by atoms with Crippen LogP contribution in [-0.4, -0.2) is 29.4 Å². The van der Waals surface area contributed by atoms with Crippen molar-refractivity contribution >= 4 is 29.3 Å². The molecular weight excluding hydrogens is 284 g/mol. The van der Waals surface area contributed by atoms with Gasteiger partial charge in [0.1, 0.15) is 0 Å². The Morgan fingerprint density at radius 1 is 1.33 bits per heavy atom. The molecule has 0 unspecified atom stereocenters. The van der Waals surface area contributed by atoms with Crippen LogP contribution >= 0.6 is 11.8 Å². The Balaban J connectivity index is 1.58. The van der Waals surface area contributed by atoms with Crippen LogP contribution in [0.25, 0.3) is 0 Å². The number of amides is 2. The molecule has 0 bridgehead atoms. The van der Waals surface area contributed by atoms with E-state index in [4.69, 9.17) is 0 Å². The molecule has 3 rings (SSSR count). The maximum Gasteiger partial charge on any atom is 0.251 e. The lowest BCUT2D eigenvalue weighted by Crippen LogP contribution is -2.31. The molecule has 0 atom stereocenters. The Morgan fingerprint density at radius 2 is 2.14 bits per heavy atom. The van der Waals surface area contributed by atoms with Crippen molar-refractivity contribution in [1.29, 1.82) is 0 Å². The summed E-state index contributed by atoms with van der Waals surface area (Å²) in [6, 6.07) is 5.60. The molecule has 2 aliphatic rings. The first-order valence-electron chi connectivity index (χ1n) is 7.55. The van der Waals surface area contributed by atoms with Crippen LogP contribution in [0.15, 0.2) is 18.2 Å². The quantitative estimate of drug-likeness (QED) is 0.899. The summed E-state index contributed by atoms with van der Waals surface area (Å²) >= 11 is 1.75. The third-order valence-electron chi connectivity index (χ3n) is 4.07. The SMILES string of the molecule is O=C(CSC1CCCC1)Nc1ccc2c(c1)C(=O)NCC2. The van der Waals surface area contributed by atoms with Gasteiger partial charge in [0.25, 0.3) is 5.91 Å². The number of carbonyl (C=O) groups is 2. The highest BCUT2D eigenvalue weighted by Crippen LogP contribution is 2.29. The highest BCUT2D eigenvalue weighted by Gasteiger charge is 2.18.